The monoisotopic (exact) mass is 433 g/mol. The predicted octanol–water partition coefficient (Wildman–Crippen LogP) is 5.56. The highest BCUT2D eigenvalue weighted by Crippen LogP contribution is 2.20. The highest BCUT2D eigenvalue weighted by atomic mass is 16.4. The second-order valence-corrected chi connectivity index (χ2v) is 9.13. The average molecular weight is 434 g/mol. The molecule has 5 heteroatoms. The normalized spacial score (nSPS) is 19.3. The minimum Gasteiger partial charge on any atom is -0.544 e. The third-order valence-corrected chi connectivity index (χ3v) is 6.32. The van der Waals surface area contributed by atoms with Crippen LogP contribution in [0.1, 0.15) is 117 Å². The lowest BCUT2D eigenvalue weighted by molar-refractivity contribution is -0.805. The summed E-state index contributed by atoms with van der Waals surface area (Å²) >= 11 is 0. The van der Waals surface area contributed by atoms with Crippen LogP contribution in [0.3, 0.4) is 0 Å². The fourth-order valence-corrected chi connectivity index (χ4v) is 4.25. The van der Waals surface area contributed by atoms with E-state index in [0.717, 1.165) is 12.8 Å². The lowest BCUT2D eigenvalue weighted by Crippen LogP contribution is -2.60. The van der Waals surface area contributed by atoms with E-state index in [4.69, 9.17) is 5.73 Å². The maximum absolute atomic E-state index is 11.1. The second-order valence-electron chi connectivity index (χ2n) is 9.13. The number of quaternary nitrogens is 1. The summed E-state index contributed by atoms with van der Waals surface area (Å²) in [6.45, 7) is 3.89. The summed E-state index contributed by atoms with van der Waals surface area (Å²) in [5.41, 5.74) is 6.05. The van der Waals surface area contributed by atoms with Crippen molar-refractivity contribution in [1.29, 1.82) is 0 Å². The van der Waals surface area contributed by atoms with E-state index in [1.807, 2.05) is 6.08 Å². The number of hydrogen-bond acceptors (Lipinski definition) is 4. The molecule has 2 unspecified atom stereocenters. The van der Waals surface area contributed by atoms with Crippen molar-refractivity contribution in [2.75, 3.05) is 6.54 Å². The van der Waals surface area contributed by atoms with Crippen LogP contribution >= 0.6 is 0 Å². The van der Waals surface area contributed by atoms with E-state index in [1.165, 1.54) is 89.9 Å². The van der Waals surface area contributed by atoms with Crippen molar-refractivity contribution in [2.24, 2.45) is 10.7 Å². The Bertz CT molecular complexity index is 569. The molecule has 5 nitrogen and oxygen atoms in total. The van der Waals surface area contributed by atoms with Gasteiger partial charge in [-0.15, -0.1) is 0 Å². The first-order chi connectivity index (χ1) is 15.0. The van der Waals surface area contributed by atoms with E-state index in [9.17, 15) is 9.90 Å². The standard InChI is InChI=1S/C26H47N3O2/c1-3-4-5-6-7-8-9-10-11-12-13-14-15-16-17-18-19-20-25-28-21-22-29(25,24(2)27)23-26(30)31/h19-22,24H,3-18,23,27H2,1-2H3/b20-19+. The van der Waals surface area contributed by atoms with E-state index >= 15 is 0 Å². The van der Waals surface area contributed by atoms with E-state index in [1.54, 1.807) is 19.3 Å². The van der Waals surface area contributed by atoms with E-state index in [-0.39, 0.29) is 17.2 Å². The number of unbranched alkanes of at least 4 members (excludes halogenated alkanes) is 15. The number of hydrogen-bond donors (Lipinski definition) is 1. The zero-order valence-corrected chi connectivity index (χ0v) is 20.2. The SMILES string of the molecule is CCCCCCCCCCCCCCCCC/C=C/C1=NC=C[N+]1(CC(=O)[O-])C(C)N. The van der Waals surface area contributed by atoms with Crippen molar-refractivity contribution in [1.82, 2.24) is 0 Å². The van der Waals surface area contributed by atoms with Gasteiger partial charge in [0, 0.05) is 13.0 Å². The average Bonchev–Trinajstić information content (AvgIpc) is 3.13. The highest BCUT2D eigenvalue weighted by molar-refractivity contribution is 5.90. The number of nitrogens with two attached hydrogens (primary N) is 1. The van der Waals surface area contributed by atoms with Gasteiger partial charge in [0.2, 0.25) is 5.84 Å². The van der Waals surface area contributed by atoms with Gasteiger partial charge in [0.25, 0.3) is 0 Å². The molecule has 2 N–H and O–H groups in total. The molecule has 0 spiro atoms. The third-order valence-electron chi connectivity index (χ3n) is 6.32. The molecule has 2 atom stereocenters. The number of rotatable bonds is 20. The Balaban J connectivity index is 2.01. The van der Waals surface area contributed by atoms with Gasteiger partial charge in [0.05, 0.1) is 12.2 Å². The first kappa shape index (κ1) is 27.6. The molecule has 0 saturated carbocycles. The molecular weight excluding hydrogens is 386 g/mol. The molecule has 0 radical (unpaired) electrons. The van der Waals surface area contributed by atoms with Gasteiger partial charge in [0.1, 0.15) is 18.9 Å². The van der Waals surface area contributed by atoms with Crippen molar-refractivity contribution >= 4 is 11.8 Å². The van der Waals surface area contributed by atoms with Crippen LogP contribution in [0.5, 0.6) is 0 Å². The summed E-state index contributed by atoms with van der Waals surface area (Å²) < 4.78 is 0.0255. The number of amidine groups is 1. The summed E-state index contributed by atoms with van der Waals surface area (Å²) in [5.74, 6) is -0.437. The zero-order chi connectivity index (χ0) is 22.8. The summed E-state index contributed by atoms with van der Waals surface area (Å²) in [5, 5.41) is 11.1. The smallest absolute Gasteiger partial charge is 0.233 e. The molecule has 1 aliphatic heterocycles. The Labute approximate surface area is 191 Å². The predicted molar refractivity (Wildman–Crippen MR) is 129 cm³/mol. The van der Waals surface area contributed by atoms with Crippen LogP contribution < -0.4 is 10.8 Å². The van der Waals surface area contributed by atoms with Gasteiger partial charge >= 0.3 is 0 Å². The number of nitrogens with zero attached hydrogens (tertiary/aromatic N) is 2. The summed E-state index contributed by atoms with van der Waals surface area (Å²) in [4.78, 5) is 15.5. The molecule has 178 valence electrons. The van der Waals surface area contributed by atoms with Gasteiger partial charge in [-0.2, -0.15) is 4.99 Å². The quantitative estimate of drug-likeness (QED) is 0.202. The van der Waals surface area contributed by atoms with Gasteiger partial charge in [-0.25, -0.2) is 4.48 Å². The van der Waals surface area contributed by atoms with Crippen LogP contribution in [0.2, 0.25) is 0 Å². The van der Waals surface area contributed by atoms with Gasteiger partial charge in [0.15, 0.2) is 0 Å². The Hall–Kier alpha value is -1.46. The molecule has 0 bridgehead atoms. The van der Waals surface area contributed by atoms with Crippen molar-refractivity contribution in [3.63, 3.8) is 0 Å². The van der Waals surface area contributed by atoms with Crippen LogP contribution in [0.15, 0.2) is 29.5 Å². The first-order valence-electron chi connectivity index (χ1n) is 12.8. The van der Waals surface area contributed by atoms with Crippen molar-refractivity contribution in [3.8, 4) is 0 Å². The summed E-state index contributed by atoms with van der Waals surface area (Å²) in [6, 6.07) is 0. The largest absolute Gasteiger partial charge is 0.544 e. The number of aliphatic imine (C=N–C) groups is 1. The molecule has 0 aromatic heterocycles. The van der Waals surface area contributed by atoms with Crippen molar-refractivity contribution < 1.29 is 14.4 Å². The molecule has 31 heavy (non-hydrogen) atoms. The maximum atomic E-state index is 11.1. The van der Waals surface area contributed by atoms with Crippen LogP contribution in [0.4, 0.5) is 0 Å². The molecule has 0 amide bonds. The zero-order valence-electron chi connectivity index (χ0n) is 20.2. The number of allylic oxidation sites excluding steroid dienone is 1. The molecule has 1 heterocycles. The van der Waals surface area contributed by atoms with E-state index in [2.05, 4.69) is 18.0 Å². The second kappa shape index (κ2) is 17.1. The fourth-order valence-electron chi connectivity index (χ4n) is 4.25. The van der Waals surface area contributed by atoms with Gasteiger partial charge in [-0.05, 0) is 12.8 Å². The minimum atomic E-state index is -1.12. The number of carbonyl (C=O) groups excluding carboxylic acids is 1. The minimum absolute atomic E-state index is 0.0255. The van der Waals surface area contributed by atoms with Crippen molar-refractivity contribution in [3.05, 3.63) is 24.6 Å². The van der Waals surface area contributed by atoms with Gasteiger partial charge in [-0.1, -0.05) is 103 Å². The number of carbonyl (C=O) groups is 1. The number of aliphatic carboxylic acids is 1. The number of carboxylic acids is 1. The maximum Gasteiger partial charge on any atom is 0.233 e. The Morgan fingerprint density at radius 2 is 1.45 bits per heavy atom. The lowest BCUT2D eigenvalue weighted by Gasteiger charge is -2.35. The van der Waals surface area contributed by atoms with Crippen LogP contribution in [-0.2, 0) is 4.79 Å². The molecule has 1 rings (SSSR count). The molecule has 0 aromatic rings. The van der Waals surface area contributed by atoms with Gasteiger partial charge < -0.3 is 9.90 Å². The third kappa shape index (κ3) is 11.6. The molecule has 0 aliphatic carbocycles. The molecule has 0 saturated heterocycles. The highest BCUT2D eigenvalue weighted by Gasteiger charge is 2.37. The first-order valence-corrected chi connectivity index (χ1v) is 12.8. The Kier molecular flexibility index (Phi) is 15.2. The summed E-state index contributed by atoms with van der Waals surface area (Å²) in [7, 11) is 0. The van der Waals surface area contributed by atoms with Crippen molar-refractivity contribution in [2.45, 2.75) is 123 Å². The lowest BCUT2D eigenvalue weighted by atomic mass is 10.0. The molecule has 1 aliphatic rings. The van der Waals surface area contributed by atoms with E-state index < -0.39 is 5.97 Å². The fraction of sp³-hybridized carbons (Fsp3) is 0.769. The summed E-state index contributed by atoms with van der Waals surface area (Å²) in [6.07, 6.45) is 28.5. The van der Waals surface area contributed by atoms with Crippen LogP contribution in [0.25, 0.3) is 0 Å². The topological polar surface area (TPSA) is 78.5 Å². The number of carboxylic acid groups (broad SMARTS) is 1. The van der Waals surface area contributed by atoms with Gasteiger partial charge in [-0.3, -0.25) is 5.73 Å². The Morgan fingerprint density at radius 3 is 1.90 bits per heavy atom. The molecular formula is C26H47N3O2. The Morgan fingerprint density at radius 1 is 0.968 bits per heavy atom. The van der Waals surface area contributed by atoms with Crippen LogP contribution in [-0.4, -0.2) is 29.0 Å². The van der Waals surface area contributed by atoms with Crippen LogP contribution in [0, 0.1) is 0 Å². The molecule has 0 fully saturated rings. The molecule has 0 aromatic carbocycles. The van der Waals surface area contributed by atoms with E-state index in [0.29, 0.717) is 5.84 Å².